The molecule has 2 fully saturated rings. The molecule has 1 saturated carbocycles. The number of carbonyl (C=O) groups excluding carboxylic acids is 1. The maximum Gasteiger partial charge on any atom is 0.246 e. The van der Waals surface area contributed by atoms with Gasteiger partial charge in [-0.15, -0.1) is 0 Å². The lowest BCUT2D eigenvalue weighted by Gasteiger charge is -2.36. The van der Waals surface area contributed by atoms with E-state index in [2.05, 4.69) is 24.5 Å². The zero-order valence-electron chi connectivity index (χ0n) is 12.7. The molecular formula is C15H28N2O3. The third kappa shape index (κ3) is 5.38. The first-order valence-electron chi connectivity index (χ1n) is 7.81. The van der Waals surface area contributed by atoms with Crippen molar-refractivity contribution in [3.8, 4) is 0 Å². The molecule has 5 nitrogen and oxygen atoms in total. The summed E-state index contributed by atoms with van der Waals surface area (Å²) in [5.41, 5.74) is -0.156. The zero-order chi connectivity index (χ0) is 14.4. The molecule has 1 unspecified atom stereocenters. The van der Waals surface area contributed by atoms with Gasteiger partial charge < -0.3 is 20.1 Å². The number of rotatable bonds is 5. The molecule has 0 bridgehead atoms. The fourth-order valence-electron chi connectivity index (χ4n) is 2.96. The van der Waals surface area contributed by atoms with E-state index < -0.39 is 0 Å². The number of morpholine rings is 1. The molecule has 1 saturated heterocycles. The Morgan fingerprint density at radius 3 is 2.80 bits per heavy atom. The van der Waals surface area contributed by atoms with E-state index in [1.165, 1.54) is 19.3 Å². The number of ether oxygens (including phenoxy) is 2. The van der Waals surface area contributed by atoms with Crippen LogP contribution in [0.5, 0.6) is 0 Å². The van der Waals surface area contributed by atoms with Gasteiger partial charge in [0.15, 0.2) is 0 Å². The van der Waals surface area contributed by atoms with Crippen molar-refractivity contribution in [3.63, 3.8) is 0 Å². The third-order valence-corrected chi connectivity index (χ3v) is 3.92. The van der Waals surface area contributed by atoms with E-state index in [1.54, 1.807) is 0 Å². The highest BCUT2D eigenvalue weighted by molar-refractivity contribution is 5.77. The average molecular weight is 284 g/mol. The van der Waals surface area contributed by atoms with Crippen molar-refractivity contribution in [2.75, 3.05) is 26.3 Å². The SMILES string of the molecule is CC1(C)CNCC(COCC(=O)NC2CCCCC2)O1. The van der Waals surface area contributed by atoms with E-state index in [-0.39, 0.29) is 24.2 Å². The lowest BCUT2D eigenvalue weighted by Crippen LogP contribution is -2.52. The van der Waals surface area contributed by atoms with Crippen molar-refractivity contribution in [1.82, 2.24) is 10.6 Å². The van der Waals surface area contributed by atoms with Crippen LogP contribution in [0.2, 0.25) is 0 Å². The summed E-state index contributed by atoms with van der Waals surface area (Å²) in [6.07, 6.45) is 5.99. The van der Waals surface area contributed by atoms with E-state index in [0.29, 0.717) is 12.6 Å². The molecular weight excluding hydrogens is 256 g/mol. The molecule has 2 N–H and O–H groups in total. The Bertz CT molecular complexity index is 314. The van der Waals surface area contributed by atoms with Crippen LogP contribution in [0.4, 0.5) is 0 Å². The predicted molar refractivity (Wildman–Crippen MR) is 77.7 cm³/mol. The fourth-order valence-corrected chi connectivity index (χ4v) is 2.96. The lowest BCUT2D eigenvalue weighted by atomic mass is 9.95. The quantitative estimate of drug-likeness (QED) is 0.797. The molecule has 0 aromatic carbocycles. The smallest absolute Gasteiger partial charge is 0.246 e. The Kier molecular flexibility index (Phi) is 5.81. The first-order valence-corrected chi connectivity index (χ1v) is 7.81. The lowest BCUT2D eigenvalue weighted by molar-refractivity contribution is -0.136. The van der Waals surface area contributed by atoms with Crippen molar-refractivity contribution in [2.24, 2.45) is 0 Å². The molecule has 1 aliphatic heterocycles. The number of nitrogens with one attached hydrogen (secondary N) is 2. The number of carbonyl (C=O) groups is 1. The highest BCUT2D eigenvalue weighted by atomic mass is 16.5. The minimum atomic E-state index is -0.156. The van der Waals surface area contributed by atoms with Crippen molar-refractivity contribution in [1.29, 1.82) is 0 Å². The van der Waals surface area contributed by atoms with Crippen LogP contribution in [-0.4, -0.2) is 50.0 Å². The summed E-state index contributed by atoms with van der Waals surface area (Å²) in [4.78, 5) is 11.8. The van der Waals surface area contributed by atoms with E-state index in [0.717, 1.165) is 25.9 Å². The van der Waals surface area contributed by atoms with Gasteiger partial charge in [-0.3, -0.25) is 4.79 Å². The van der Waals surface area contributed by atoms with Gasteiger partial charge in [0.1, 0.15) is 6.61 Å². The Balaban J connectivity index is 1.59. The number of hydrogen-bond acceptors (Lipinski definition) is 4. The molecule has 0 aromatic heterocycles. The number of hydrogen-bond donors (Lipinski definition) is 2. The highest BCUT2D eigenvalue weighted by Crippen LogP contribution is 2.17. The molecule has 2 rings (SSSR count). The summed E-state index contributed by atoms with van der Waals surface area (Å²) in [6.45, 7) is 6.36. The van der Waals surface area contributed by atoms with Crippen LogP contribution in [0.25, 0.3) is 0 Å². The predicted octanol–water partition coefficient (Wildman–Crippen LogP) is 1.22. The summed E-state index contributed by atoms with van der Waals surface area (Å²) < 4.78 is 11.4. The minimum Gasteiger partial charge on any atom is -0.369 e. The van der Waals surface area contributed by atoms with Crippen molar-refractivity contribution in [3.05, 3.63) is 0 Å². The van der Waals surface area contributed by atoms with Gasteiger partial charge in [0.25, 0.3) is 0 Å². The molecule has 1 heterocycles. The van der Waals surface area contributed by atoms with Gasteiger partial charge in [-0.1, -0.05) is 19.3 Å². The van der Waals surface area contributed by atoms with E-state index in [9.17, 15) is 4.79 Å². The monoisotopic (exact) mass is 284 g/mol. The Hall–Kier alpha value is -0.650. The van der Waals surface area contributed by atoms with Gasteiger partial charge in [-0.05, 0) is 26.7 Å². The molecule has 20 heavy (non-hydrogen) atoms. The van der Waals surface area contributed by atoms with Crippen molar-refractivity contribution in [2.45, 2.75) is 63.7 Å². The molecule has 0 spiro atoms. The highest BCUT2D eigenvalue weighted by Gasteiger charge is 2.28. The van der Waals surface area contributed by atoms with Crippen LogP contribution < -0.4 is 10.6 Å². The summed E-state index contributed by atoms with van der Waals surface area (Å²) >= 11 is 0. The topological polar surface area (TPSA) is 59.6 Å². The largest absolute Gasteiger partial charge is 0.369 e. The Labute approximate surface area is 121 Å². The van der Waals surface area contributed by atoms with E-state index >= 15 is 0 Å². The Morgan fingerprint density at radius 1 is 1.35 bits per heavy atom. The first kappa shape index (κ1) is 15.7. The minimum absolute atomic E-state index is 0.0000659. The van der Waals surface area contributed by atoms with E-state index in [4.69, 9.17) is 9.47 Å². The second-order valence-corrected chi connectivity index (χ2v) is 6.55. The second-order valence-electron chi connectivity index (χ2n) is 6.55. The van der Waals surface area contributed by atoms with Gasteiger partial charge in [-0.2, -0.15) is 0 Å². The summed E-state index contributed by atoms with van der Waals surface area (Å²) in [6, 6.07) is 0.353. The molecule has 1 atom stereocenters. The van der Waals surface area contributed by atoms with E-state index in [1.807, 2.05) is 0 Å². The summed E-state index contributed by atoms with van der Waals surface area (Å²) in [7, 11) is 0. The maximum atomic E-state index is 11.8. The zero-order valence-corrected chi connectivity index (χ0v) is 12.7. The van der Waals surface area contributed by atoms with Gasteiger partial charge in [0.2, 0.25) is 5.91 Å². The number of amides is 1. The van der Waals surface area contributed by atoms with Crippen molar-refractivity contribution >= 4 is 5.91 Å². The van der Waals surface area contributed by atoms with Crippen LogP contribution >= 0.6 is 0 Å². The third-order valence-electron chi connectivity index (χ3n) is 3.92. The molecule has 1 amide bonds. The first-order chi connectivity index (χ1) is 9.55. The van der Waals surface area contributed by atoms with Crippen LogP contribution in [-0.2, 0) is 14.3 Å². The fraction of sp³-hybridized carbons (Fsp3) is 0.933. The molecule has 0 radical (unpaired) electrons. The summed E-state index contributed by atoms with van der Waals surface area (Å²) in [5.74, 6) is -0.0000659. The van der Waals surface area contributed by atoms with Crippen LogP contribution in [0.15, 0.2) is 0 Å². The normalized spacial score (nSPS) is 27.2. The molecule has 0 aromatic rings. The molecule has 116 valence electrons. The van der Waals surface area contributed by atoms with Gasteiger partial charge in [0.05, 0.1) is 18.3 Å². The standard InChI is InChI=1S/C15H28N2O3/c1-15(2)11-16-8-13(20-15)9-19-10-14(18)17-12-6-4-3-5-7-12/h12-13,16H,3-11H2,1-2H3,(H,17,18). The van der Waals surface area contributed by atoms with Crippen molar-refractivity contribution < 1.29 is 14.3 Å². The second kappa shape index (κ2) is 7.38. The Morgan fingerprint density at radius 2 is 2.10 bits per heavy atom. The van der Waals surface area contributed by atoms with Crippen LogP contribution in [0.3, 0.4) is 0 Å². The summed E-state index contributed by atoms with van der Waals surface area (Å²) in [5, 5.41) is 6.38. The van der Waals surface area contributed by atoms with Crippen LogP contribution in [0.1, 0.15) is 46.0 Å². The van der Waals surface area contributed by atoms with Gasteiger partial charge >= 0.3 is 0 Å². The van der Waals surface area contributed by atoms with Gasteiger partial charge in [-0.25, -0.2) is 0 Å². The molecule has 5 heteroatoms. The van der Waals surface area contributed by atoms with Gasteiger partial charge in [0, 0.05) is 19.1 Å². The maximum absolute atomic E-state index is 11.8. The van der Waals surface area contributed by atoms with Crippen LogP contribution in [0, 0.1) is 0 Å². The molecule has 1 aliphatic carbocycles. The molecule has 2 aliphatic rings. The average Bonchev–Trinajstić information content (AvgIpc) is 2.38.